The van der Waals surface area contributed by atoms with Gasteiger partial charge in [-0.15, -0.1) is 0 Å². The lowest BCUT2D eigenvalue weighted by atomic mass is 9.83. The van der Waals surface area contributed by atoms with Gasteiger partial charge in [-0.25, -0.2) is 13.6 Å². The third kappa shape index (κ3) is 4.98. The van der Waals surface area contributed by atoms with Crippen molar-refractivity contribution in [3.05, 3.63) is 65.2 Å². The molecule has 0 heterocycles. The van der Waals surface area contributed by atoms with Crippen LogP contribution in [0, 0.1) is 11.6 Å². The number of nitrogens with two attached hydrogens (primary N) is 1. The van der Waals surface area contributed by atoms with Crippen LogP contribution in [0.5, 0.6) is 5.75 Å². The molecule has 0 aromatic heterocycles. The number of methoxy groups -OCH3 is 2. The number of esters is 1. The zero-order valence-corrected chi connectivity index (χ0v) is 16.7. The predicted molar refractivity (Wildman–Crippen MR) is 104 cm³/mol. The Kier molecular flexibility index (Phi) is 7.23. The summed E-state index contributed by atoms with van der Waals surface area (Å²) in [5, 5.41) is 2.40. The summed E-state index contributed by atoms with van der Waals surface area (Å²) in [5.41, 5.74) is 4.22. The molecule has 2 atom stereocenters. The Morgan fingerprint density at radius 3 is 2.13 bits per heavy atom. The Morgan fingerprint density at radius 2 is 1.63 bits per heavy atom. The van der Waals surface area contributed by atoms with E-state index in [1.54, 1.807) is 0 Å². The molecule has 2 rings (SSSR count). The van der Waals surface area contributed by atoms with E-state index in [2.05, 4.69) is 5.32 Å². The first-order valence-electron chi connectivity index (χ1n) is 8.92. The van der Waals surface area contributed by atoms with Crippen LogP contribution in [0.1, 0.15) is 18.1 Å². The molecule has 1 amide bonds. The van der Waals surface area contributed by atoms with Crippen LogP contribution in [0.25, 0.3) is 0 Å². The molecule has 0 spiro atoms. The van der Waals surface area contributed by atoms with Gasteiger partial charge in [-0.2, -0.15) is 0 Å². The number of carbonyl (C=O) groups excluding carboxylic acids is 3. The molecule has 0 saturated heterocycles. The molecule has 2 aromatic carbocycles. The molecule has 0 bridgehead atoms. The molecule has 0 saturated carbocycles. The van der Waals surface area contributed by atoms with Gasteiger partial charge in [-0.3, -0.25) is 9.59 Å². The first-order valence-corrected chi connectivity index (χ1v) is 8.92. The number of ether oxygens (including phenoxy) is 2. The second kappa shape index (κ2) is 9.45. The van der Waals surface area contributed by atoms with Crippen molar-refractivity contribution in [3.8, 4) is 5.75 Å². The van der Waals surface area contributed by atoms with Gasteiger partial charge in [0, 0.05) is 6.07 Å². The largest absolute Gasteiger partial charge is 0.497 e. The summed E-state index contributed by atoms with van der Waals surface area (Å²) in [5.74, 6) is -3.67. The molecule has 0 aliphatic carbocycles. The number of ketones is 1. The second-order valence-electron chi connectivity index (χ2n) is 6.64. The van der Waals surface area contributed by atoms with Gasteiger partial charge in [0.15, 0.2) is 5.78 Å². The number of carbonyl (C=O) groups is 3. The lowest BCUT2D eigenvalue weighted by molar-refractivity contribution is -0.153. The average molecular weight is 420 g/mol. The minimum atomic E-state index is -2.18. The van der Waals surface area contributed by atoms with E-state index >= 15 is 0 Å². The van der Waals surface area contributed by atoms with Gasteiger partial charge >= 0.3 is 5.97 Å². The maximum absolute atomic E-state index is 13.3. The van der Waals surface area contributed by atoms with Gasteiger partial charge in [0.25, 0.3) is 0 Å². The maximum Gasteiger partial charge on any atom is 0.338 e. The van der Waals surface area contributed by atoms with Crippen molar-refractivity contribution in [1.82, 2.24) is 5.32 Å². The van der Waals surface area contributed by atoms with Crippen molar-refractivity contribution in [3.63, 3.8) is 0 Å². The lowest BCUT2D eigenvalue weighted by Crippen LogP contribution is -2.59. The molecule has 3 N–H and O–H groups in total. The van der Waals surface area contributed by atoms with E-state index in [4.69, 9.17) is 15.2 Å². The van der Waals surface area contributed by atoms with E-state index in [-0.39, 0.29) is 17.5 Å². The van der Waals surface area contributed by atoms with E-state index in [9.17, 15) is 23.2 Å². The van der Waals surface area contributed by atoms with Crippen molar-refractivity contribution in [2.24, 2.45) is 5.73 Å². The maximum atomic E-state index is 13.3. The summed E-state index contributed by atoms with van der Waals surface area (Å²) in [6.45, 7) is 1.35. The standard InChI is InChI=1S/C21H22F2N2O5/c1-12(25-18(26)10-13-8-15(22)11-16(23)9-13)19(27)21(24,20(28)30-3)14-4-6-17(29-2)7-5-14/h4-9,11-12H,10,24H2,1-3H3,(H,25,26)/t12-,21?/m0/s1. The molecule has 0 fully saturated rings. The molecule has 0 aliphatic heterocycles. The molecule has 0 radical (unpaired) electrons. The van der Waals surface area contributed by atoms with Crippen LogP contribution in [0.3, 0.4) is 0 Å². The summed E-state index contributed by atoms with van der Waals surface area (Å²) in [6.07, 6.45) is -0.370. The van der Waals surface area contributed by atoms with Crippen molar-refractivity contribution >= 4 is 17.7 Å². The number of benzene rings is 2. The van der Waals surface area contributed by atoms with Gasteiger partial charge < -0.3 is 20.5 Å². The zero-order valence-electron chi connectivity index (χ0n) is 16.7. The molecular weight excluding hydrogens is 398 g/mol. The summed E-state index contributed by atoms with van der Waals surface area (Å²) < 4.78 is 36.3. The lowest BCUT2D eigenvalue weighted by Gasteiger charge is -2.28. The monoisotopic (exact) mass is 420 g/mol. The Bertz CT molecular complexity index is 929. The second-order valence-corrected chi connectivity index (χ2v) is 6.64. The normalized spacial score (nSPS) is 13.7. The molecule has 30 heavy (non-hydrogen) atoms. The smallest absolute Gasteiger partial charge is 0.338 e. The van der Waals surface area contributed by atoms with Crippen LogP contribution in [0.2, 0.25) is 0 Å². The molecule has 2 aromatic rings. The average Bonchev–Trinajstić information content (AvgIpc) is 2.71. The number of hydrogen-bond donors (Lipinski definition) is 2. The van der Waals surface area contributed by atoms with Crippen LogP contribution >= 0.6 is 0 Å². The number of hydrogen-bond acceptors (Lipinski definition) is 6. The molecule has 1 unspecified atom stereocenters. The van der Waals surface area contributed by atoms with Crippen molar-refractivity contribution in [1.29, 1.82) is 0 Å². The Labute approximate surface area is 172 Å². The third-order valence-electron chi connectivity index (χ3n) is 4.50. The van der Waals surface area contributed by atoms with E-state index in [1.807, 2.05) is 0 Å². The summed E-state index contributed by atoms with van der Waals surface area (Å²) in [7, 11) is 2.54. The van der Waals surface area contributed by atoms with E-state index in [1.165, 1.54) is 38.3 Å². The number of Topliss-reactive ketones (excluding diaryl/α,β-unsaturated/α-hetero) is 1. The topological polar surface area (TPSA) is 108 Å². The molecule has 0 aliphatic rings. The number of amides is 1. The first kappa shape index (κ1) is 23.0. The van der Waals surface area contributed by atoms with E-state index in [0.717, 1.165) is 19.2 Å². The highest BCUT2D eigenvalue weighted by Gasteiger charge is 2.47. The Balaban J connectivity index is 2.22. The number of halogens is 2. The van der Waals surface area contributed by atoms with Crippen LogP contribution in [-0.2, 0) is 31.1 Å². The van der Waals surface area contributed by atoms with Crippen molar-refractivity contribution in [2.75, 3.05) is 14.2 Å². The minimum Gasteiger partial charge on any atom is -0.497 e. The minimum absolute atomic E-state index is 0.0896. The van der Waals surface area contributed by atoms with Crippen molar-refractivity contribution in [2.45, 2.75) is 24.9 Å². The zero-order chi connectivity index (χ0) is 22.5. The van der Waals surface area contributed by atoms with Crippen LogP contribution in [0.4, 0.5) is 8.78 Å². The first-order chi connectivity index (χ1) is 14.1. The molecule has 160 valence electrons. The SMILES string of the molecule is COC(=O)C(N)(C(=O)[C@H](C)NC(=O)Cc1cc(F)cc(F)c1)c1ccc(OC)cc1. The fraction of sp³-hybridized carbons (Fsp3) is 0.286. The Hall–Kier alpha value is -3.33. The van der Waals surface area contributed by atoms with Crippen LogP contribution in [-0.4, -0.2) is 37.9 Å². The highest BCUT2D eigenvalue weighted by molar-refractivity contribution is 6.11. The quantitative estimate of drug-likeness (QED) is 0.496. The van der Waals surface area contributed by atoms with Crippen molar-refractivity contribution < 1.29 is 32.6 Å². The molecule has 9 heteroatoms. The van der Waals surface area contributed by atoms with E-state index in [0.29, 0.717) is 11.8 Å². The van der Waals surface area contributed by atoms with Gasteiger partial charge in [0.05, 0.1) is 26.7 Å². The molecular formula is C21H22F2N2O5. The summed E-state index contributed by atoms with van der Waals surface area (Å²) in [4.78, 5) is 37.7. The Morgan fingerprint density at radius 1 is 1.07 bits per heavy atom. The predicted octanol–water partition coefficient (Wildman–Crippen LogP) is 1.62. The number of nitrogens with one attached hydrogen (secondary N) is 1. The number of rotatable bonds is 8. The van der Waals surface area contributed by atoms with Gasteiger partial charge in [0.2, 0.25) is 11.4 Å². The summed E-state index contributed by atoms with van der Waals surface area (Å²) in [6, 6.07) is 7.44. The fourth-order valence-corrected chi connectivity index (χ4v) is 2.97. The fourth-order valence-electron chi connectivity index (χ4n) is 2.97. The van der Waals surface area contributed by atoms with Gasteiger partial charge in [-0.05, 0) is 42.3 Å². The van der Waals surface area contributed by atoms with Crippen LogP contribution in [0.15, 0.2) is 42.5 Å². The highest BCUT2D eigenvalue weighted by Crippen LogP contribution is 2.25. The van der Waals surface area contributed by atoms with Gasteiger partial charge in [-0.1, -0.05) is 12.1 Å². The van der Waals surface area contributed by atoms with Crippen LogP contribution < -0.4 is 15.8 Å². The summed E-state index contributed by atoms with van der Waals surface area (Å²) >= 11 is 0. The third-order valence-corrected chi connectivity index (χ3v) is 4.50. The van der Waals surface area contributed by atoms with Gasteiger partial charge in [0.1, 0.15) is 17.4 Å². The van der Waals surface area contributed by atoms with E-state index < -0.39 is 40.9 Å². The highest BCUT2D eigenvalue weighted by atomic mass is 19.1. The molecule has 7 nitrogen and oxygen atoms in total.